The molecule has 84 valence electrons. The number of hydrogen-bond donors (Lipinski definition) is 1. The fraction of sp³-hybridized carbons (Fsp3) is 0.692. The molecule has 2 rings (SSSR count). The highest BCUT2D eigenvalue weighted by Gasteiger charge is 2.34. The van der Waals surface area contributed by atoms with E-state index in [9.17, 15) is 5.11 Å². The zero-order valence-corrected chi connectivity index (χ0v) is 10.2. The van der Waals surface area contributed by atoms with E-state index in [1.807, 2.05) is 0 Å². The summed E-state index contributed by atoms with van der Waals surface area (Å²) in [6, 6.07) is 4.19. The highest BCUT2D eigenvalue weighted by molar-refractivity contribution is 7.09. The summed E-state index contributed by atoms with van der Waals surface area (Å²) in [6.07, 6.45) is 7.00. The van der Waals surface area contributed by atoms with Crippen molar-refractivity contribution in [3.63, 3.8) is 0 Å². The largest absolute Gasteiger partial charge is 0.392 e. The van der Waals surface area contributed by atoms with E-state index in [1.165, 1.54) is 37.0 Å². The van der Waals surface area contributed by atoms with Crippen molar-refractivity contribution in [2.75, 3.05) is 0 Å². The Morgan fingerprint density at radius 3 is 2.73 bits per heavy atom. The molecule has 1 saturated carbocycles. The summed E-state index contributed by atoms with van der Waals surface area (Å²) < 4.78 is 0. The average Bonchev–Trinajstić information content (AvgIpc) is 2.71. The molecule has 15 heavy (non-hydrogen) atoms. The molecule has 1 heterocycles. The third kappa shape index (κ3) is 2.61. The van der Waals surface area contributed by atoms with Crippen molar-refractivity contribution in [2.45, 2.75) is 51.6 Å². The summed E-state index contributed by atoms with van der Waals surface area (Å²) in [6.45, 7) is 2.25. The number of aliphatic hydroxyl groups excluding tert-OH is 1. The molecule has 0 radical (unpaired) electrons. The molecule has 1 atom stereocenters. The van der Waals surface area contributed by atoms with Crippen LogP contribution in [0.4, 0.5) is 0 Å². The number of hydrogen-bond acceptors (Lipinski definition) is 2. The standard InChI is InChI=1S/C13H20OS/c1-13(7-3-2-4-8-13)12(14)10-11-6-5-9-15-11/h5-6,9,12,14H,2-4,7-8,10H2,1H3. The Labute approximate surface area is 96.1 Å². The third-order valence-electron chi connectivity index (χ3n) is 3.77. The Hall–Kier alpha value is -0.340. The van der Waals surface area contributed by atoms with Crippen molar-refractivity contribution in [1.29, 1.82) is 0 Å². The van der Waals surface area contributed by atoms with Gasteiger partial charge < -0.3 is 5.11 Å². The number of aliphatic hydroxyl groups is 1. The first kappa shape index (κ1) is 11.2. The monoisotopic (exact) mass is 224 g/mol. The van der Waals surface area contributed by atoms with Crippen molar-refractivity contribution < 1.29 is 5.11 Å². The maximum atomic E-state index is 10.3. The first-order valence-corrected chi connectivity index (χ1v) is 6.79. The Morgan fingerprint density at radius 2 is 2.13 bits per heavy atom. The first-order chi connectivity index (χ1) is 7.21. The molecule has 1 N–H and O–H groups in total. The fourth-order valence-electron chi connectivity index (χ4n) is 2.56. The van der Waals surface area contributed by atoms with Gasteiger partial charge in [-0.25, -0.2) is 0 Å². The van der Waals surface area contributed by atoms with Crippen molar-refractivity contribution in [1.82, 2.24) is 0 Å². The predicted molar refractivity (Wildman–Crippen MR) is 65.2 cm³/mol. The molecule has 0 aliphatic heterocycles. The zero-order chi connectivity index (χ0) is 10.7. The molecular formula is C13H20OS. The van der Waals surface area contributed by atoms with Gasteiger partial charge in [-0.05, 0) is 29.7 Å². The van der Waals surface area contributed by atoms with Crippen LogP contribution in [-0.4, -0.2) is 11.2 Å². The summed E-state index contributed by atoms with van der Waals surface area (Å²) in [7, 11) is 0. The number of rotatable bonds is 3. The van der Waals surface area contributed by atoms with Gasteiger partial charge in [-0.15, -0.1) is 11.3 Å². The van der Waals surface area contributed by atoms with E-state index in [0.29, 0.717) is 0 Å². The molecule has 1 nitrogen and oxygen atoms in total. The SMILES string of the molecule is CC1(C(O)Cc2cccs2)CCCCC1. The van der Waals surface area contributed by atoms with Crippen LogP contribution in [0.1, 0.15) is 43.9 Å². The molecule has 2 heteroatoms. The highest BCUT2D eigenvalue weighted by Crippen LogP contribution is 2.40. The minimum Gasteiger partial charge on any atom is -0.392 e. The topological polar surface area (TPSA) is 20.2 Å². The summed E-state index contributed by atoms with van der Waals surface area (Å²) >= 11 is 1.75. The van der Waals surface area contributed by atoms with Gasteiger partial charge in [-0.3, -0.25) is 0 Å². The second-order valence-corrected chi connectivity index (χ2v) is 6.05. The van der Waals surface area contributed by atoms with Gasteiger partial charge in [0.2, 0.25) is 0 Å². The number of thiophene rings is 1. The third-order valence-corrected chi connectivity index (χ3v) is 4.67. The maximum Gasteiger partial charge on any atom is 0.0641 e. The quantitative estimate of drug-likeness (QED) is 0.831. The van der Waals surface area contributed by atoms with Crippen LogP contribution in [0.5, 0.6) is 0 Å². The van der Waals surface area contributed by atoms with E-state index < -0.39 is 0 Å². The molecule has 1 aliphatic rings. The van der Waals surface area contributed by atoms with Crippen molar-refractivity contribution in [3.8, 4) is 0 Å². The van der Waals surface area contributed by atoms with E-state index >= 15 is 0 Å². The molecule has 0 aromatic carbocycles. The molecule has 1 aromatic rings. The minimum absolute atomic E-state index is 0.156. The zero-order valence-electron chi connectivity index (χ0n) is 9.41. The van der Waals surface area contributed by atoms with Crippen LogP contribution in [-0.2, 0) is 6.42 Å². The molecule has 1 unspecified atom stereocenters. The lowest BCUT2D eigenvalue weighted by Crippen LogP contribution is -2.35. The summed E-state index contributed by atoms with van der Waals surface area (Å²) in [5.74, 6) is 0. The van der Waals surface area contributed by atoms with Crippen LogP contribution in [0.2, 0.25) is 0 Å². The maximum absolute atomic E-state index is 10.3. The van der Waals surface area contributed by atoms with Crippen LogP contribution in [0, 0.1) is 5.41 Å². The van der Waals surface area contributed by atoms with E-state index in [1.54, 1.807) is 11.3 Å². The van der Waals surface area contributed by atoms with Gasteiger partial charge in [0.1, 0.15) is 0 Å². The van der Waals surface area contributed by atoms with Gasteiger partial charge in [-0.2, -0.15) is 0 Å². The summed E-state index contributed by atoms with van der Waals surface area (Å²) in [5.41, 5.74) is 0.169. The molecule has 1 aliphatic carbocycles. The Kier molecular flexibility index (Phi) is 3.47. The van der Waals surface area contributed by atoms with Gasteiger partial charge in [0.25, 0.3) is 0 Å². The Balaban J connectivity index is 1.97. The normalized spacial score (nSPS) is 22.5. The van der Waals surface area contributed by atoms with Crippen LogP contribution < -0.4 is 0 Å². The Morgan fingerprint density at radius 1 is 1.40 bits per heavy atom. The molecule has 0 amide bonds. The smallest absolute Gasteiger partial charge is 0.0641 e. The molecule has 0 bridgehead atoms. The lowest BCUT2D eigenvalue weighted by molar-refractivity contribution is 0.0109. The summed E-state index contributed by atoms with van der Waals surface area (Å²) in [5, 5.41) is 12.4. The van der Waals surface area contributed by atoms with Crippen LogP contribution in [0.25, 0.3) is 0 Å². The molecule has 0 spiro atoms. The first-order valence-electron chi connectivity index (χ1n) is 5.91. The molecular weight excluding hydrogens is 204 g/mol. The second kappa shape index (κ2) is 4.67. The lowest BCUT2D eigenvalue weighted by atomic mass is 9.71. The highest BCUT2D eigenvalue weighted by atomic mass is 32.1. The van der Waals surface area contributed by atoms with Crippen LogP contribution >= 0.6 is 11.3 Å². The van der Waals surface area contributed by atoms with Gasteiger partial charge in [0.15, 0.2) is 0 Å². The fourth-order valence-corrected chi connectivity index (χ4v) is 3.30. The van der Waals surface area contributed by atoms with E-state index in [-0.39, 0.29) is 11.5 Å². The van der Waals surface area contributed by atoms with E-state index in [4.69, 9.17) is 0 Å². The molecule has 1 aromatic heterocycles. The second-order valence-electron chi connectivity index (χ2n) is 5.01. The van der Waals surface area contributed by atoms with Gasteiger partial charge in [-0.1, -0.05) is 32.3 Å². The van der Waals surface area contributed by atoms with Crippen molar-refractivity contribution >= 4 is 11.3 Å². The van der Waals surface area contributed by atoms with E-state index in [0.717, 1.165) is 6.42 Å². The predicted octanol–water partition coefficient (Wildman–Crippen LogP) is 3.62. The van der Waals surface area contributed by atoms with Crippen LogP contribution in [0.3, 0.4) is 0 Å². The molecule has 0 saturated heterocycles. The summed E-state index contributed by atoms with van der Waals surface area (Å²) in [4.78, 5) is 1.31. The van der Waals surface area contributed by atoms with Crippen LogP contribution in [0.15, 0.2) is 17.5 Å². The Bertz CT molecular complexity index is 285. The lowest BCUT2D eigenvalue weighted by Gasteiger charge is -2.37. The van der Waals surface area contributed by atoms with Gasteiger partial charge in [0, 0.05) is 11.3 Å². The van der Waals surface area contributed by atoms with E-state index in [2.05, 4.69) is 24.4 Å². The van der Waals surface area contributed by atoms with Crippen molar-refractivity contribution in [3.05, 3.63) is 22.4 Å². The minimum atomic E-state index is -0.156. The van der Waals surface area contributed by atoms with Crippen molar-refractivity contribution in [2.24, 2.45) is 5.41 Å². The molecule has 1 fully saturated rings. The van der Waals surface area contributed by atoms with Gasteiger partial charge >= 0.3 is 0 Å². The van der Waals surface area contributed by atoms with Gasteiger partial charge in [0.05, 0.1) is 6.10 Å². The average molecular weight is 224 g/mol.